The average molecular weight is 283 g/mol. The van der Waals surface area contributed by atoms with Gasteiger partial charge in [0.05, 0.1) is 6.10 Å². The highest BCUT2D eigenvalue weighted by atomic mass is 16.7. The van der Waals surface area contributed by atoms with Gasteiger partial charge in [0.25, 0.3) is 0 Å². The summed E-state index contributed by atoms with van der Waals surface area (Å²) in [7, 11) is 0. The SMILES string of the molecule is CC(C)OC(=O)OC1/C=C/CC(NC(C)(C)C)CCC1. The van der Waals surface area contributed by atoms with Crippen LogP contribution in [0.3, 0.4) is 0 Å². The summed E-state index contributed by atoms with van der Waals surface area (Å²) in [6, 6.07) is 0.495. The molecule has 116 valence electrons. The van der Waals surface area contributed by atoms with Gasteiger partial charge in [-0.15, -0.1) is 0 Å². The van der Waals surface area contributed by atoms with E-state index in [0.717, 1.165) is 25.7 Å². The van der Waals surface area contributed by atoms with Gasteiger partial charge in [0.15, 0.2) is 0 Å². The van der Waals surface area contributed by atoms with Gasteiger partial charge in [0.1, 0.15) is 6.10 Å². The molecule has 4 heteroatoms. The van der Waals surface area contributed by atoms with Crippen LogP contribution in [0.25, 0.3) is 0 Å². The Kier molecular flexibility index (Phi) is 6.53. The fraction of sp³-hybridized carbons (Fsp3) is 0.812. The van der Waals surface area contributed by atoms with Gasteiger partial charge in [-0.05, 0) is 66.4 Å². The summed E-state index contributed by atoms with van der Waals surface area (Å²) in [4.78, 5) is 11.5. The van der Waals surface area contributed by atoms with Crippen molar-refractivity contribution in [2.75, 3.05) is 0 Å². The summed E-state index contributed by atoms with van der Waals surface area (Å²) in [6.45, 7) is 10.2. The van der Waals surface area contributed by atoms with E-state index in [2.05, 4.69) is 32.2 Å². The van der Waals surface area contributed by atoms with Crippen molar-refractivity contribution in [3.05, 3.63) is 12.2 Å². The lowest BCUT2D eigenvalue weighted by atomic mass is 9.97. The minimum absolute atomic E-state index is 0.134. The van der Waals surface area contributed by atoms with Gasteiger partial charge in [-0.1, -0.05) is 6.08 Å². The average Bonchev–Trinajstić information content (AvgIpc) is 2.21. The number of carbonyl (C=O) groups is 1. The first-order chi connectivity index (χ1) is 9.26. The molecule has 0 heterocycles. The van der Waals surface area contributed by atoms with E-state index < -0.39 is 6.16 Å². The van der Waals surface area contributed by atoms with E-state index in [0.29, 0.717) is 6.04 Å². The number of rotatable bonds is 3. The molecule has 0 amide bonds. The molecule has 4 nitrogen and oxygen atoms in total. The first kappa shape index (κ1) is 17.0. The molecule has 20 heavy (non-hydrogen) atoms. The quantitative estimate of drug-likeness (QED) is 0.632. The lowest BCUT2D eigenvalue weighted by molar-refractivity contribution is 0.0161. The zero-order chi connectivity index (χ0) is 15.2. The van der Waals surface area contributed by atoms with Crippen molar-refractivity contribution in [1.82, 2.24) is 5.32 Å². The maximum atomic E-state index is 11.5. The molecule has 0 spiro atoms. The largest absolute Gasteiger partial charge is 0.509 e. The molecule has 1 aliphatic rings. The van der Waals surface area contributed by atoms with Crippen LogP contribution in [-0.2, 0) is 9.47 Å². The van der Waals surface area contributed by atoms with E-state index in [1.807, 2.05) is 19.9 Å². The first-order valence-electron chi connectivity index (χ1n) is 7.58. The second kappa shape index (κ2) is 7.67. The normalized spacial score (nSPS) is 25.7. The van der Waals surface area contributed by atoms with Crippen LogP contribution >= 0.6 is 0 Å². The number of nitrogens with one attached hydrogen (secondary N) is 1. The molecule has 0 aliphatic heterocycles. The molecule has 1 N–H and O–H groups in total. The van der Waals surface area contributed by atoms with E-state index in [9.17, 15) is 4.79 Å². The highest BCUT2D eigenvalue weighted by Crippen LogP contribution is 2.17. The number of hydrogen-bond donors (Lipinski definition) is 1. The van der Waals surface area contributed by atoms with Crippen molar-refractivity contribution in [2.24, 2.45) is 0 Å². The Morgan fingerprint density at radius 1 is 1.30 bits per heavy atom. The van der Waals surface area contributed by atoms with Crippen LogP contribution in [0, 0.1) is 0 Å². The molecule has 0 aromatic carbocycles. The summed E-state index contributed by atoms with van der Waals surface area (Å²) < 4.78 is 10.3. The minimum atomic E-state index is -0.570. The summed E-state index contributed by atoms with van der Waals surface area (Å²) in [5.74, 6) is 0. The standard InChI is InChI=1S/C16H29NO3/c1-12(2)19-15(18)20-14-10-6-8-13(9-7-11-14)17-16(3,4)5/h6,10,12-14,17H,7-9,11H2,1-5H3/b10-6+. The lowest BCUT2D eigenvalue weighted by Crippen LogP contribution is -2.43. The highest BCUT2D eigenvalue weighted by molar-refractivity contribution is 5.60. The van der Waals surface area contributed by atoms with Crippen molar-refractivity contribution in [3.63, 3.8) is 0 Å². The molecule has 0 saturated carbocycles. The number of ether oxygens (including phenoxy) is 2. The smallest absolute Gasteiger partial charge is 0.432 e. The second-order valence-corrected chi connectivity index (χ2v) is 6.76. The summed E-state index contributed by atoms with van der Waals surface area (Å²) in [5, 5.41) is 3.62. The van der Waals surface area contributed by atoms with Crippen LogP contribution in [0.5, 0.6) is 0 Å². The van der Waals surface area contributed by atoms with Gasteiger partial charge in [-0.3, -0.25) is 0 Å². The monoisotopic (exact) mass is 283 g/mol. The van der Waals surface area contributed by atoms with Crippen molar-refractivity contribution in [1.29, 1.82) is 0 Å². The van der Waals surface area contributed by atoms with Crippen molar-refractivity contribution >= 4 is 6.16 Å². The molecular weight excluding hydrogens is 254 g/mol. The first-order valence-corrected chi connectivity index (χ1v) is 7.58. The van der Waals surface area contributed by atoms with Gasteiger partial charge >= 0.3 is 6.16 Å². The van der Waals surface area contributed by atoms with E-state index in [1.165, 1.54) is 0 Å². The molecule has 0 radical (unpaired) electrons. The van der Waals surface area contributed by atoms with Crippen LogP contribution in [0.4, 0.5) is 4.79 Å². The molecular formula is C16H29NO3. The molecule has 2 atom stereocenters. The summed E-state index contributed by atoms with van der Waals surface area (Å²) >= 11 is 0. The predicted octanol–water partition coefficient (Wildman–Crippen LogP) is 3.80. The minimum Gasteiger partial charge on any atom is -0.432 e. The van der Waals surface area contributed by atoms with E-state index in [4.69, 9.17) is 9.47 Å². The molecule has 2 unspecified atom stereocenters. The molecule has 1 aliphatic carbocycles. The summed E-state index contributed by atoms with van der Waals surface area (Å²) in [5.41, 5.74) is 0.134. The van der Waals surface area contributed by atoms with Crippen LogP contribution in [0.1, 0.15) is 60.3 Å². The Hall–Kier alpha value is -1.03. The Morgan fingerprint density at radius 3 is 2.60 bits per heavy atom. The molecule has 0 saturated heterocycles. The predicted molar refractivity (Wildman–Crippen MR) is 80.8 cm³/mol. The van der Waals surface area contributed by atoms with Gasteiger partial charge in [-0.25, -0.2) is 4.79 Å². The maximum absolute atomic E-state index is 11.5. The topological polar surface area (TPSA) is 47.6 Å². The molecule has 0 fully saturated rings. The van der Waals surface area contributed by atoms with Crippen molar-refractivity contribution < 1.29 is 14.3 Å². The Bertz CT molecular complexity index is 331. The molecule has 0 aromatic rings. The van der Waals surface area contributed by atoms with Crippen LogP contribution in [-0.4, -0.2) is 29.9 Å². The lowest BCUT2D eigenvalue weighted by Gasteiger charge is -2.29. The molecule has 0 aromatic heterocycles. The van der Waals surface area contributed by atoms with Crippen molar-refractivity contribution in [2.45, 2.75) is 84.1 Å². The van der Waals surface area contributed by atoms with Crippen LogP contribution in [0.15, 0.2) is 12.2 Å². The van der Waals surface area contributed by atoms with Crippen LogP contribution < -0.4 is 5.32 Å². The fourth-order valence-corrected chi connectivity index (χ4v) is 2.36. The van der Waals surface area contributed by atoms with Crippen molar-refractivity contribution in [3.8, 4) is 0 Å². The second-order valence-electron chi connectivity index (χ2n) is 6.76. The third-order valence-corrected chi connectivity index (χ3v) is 3.03. The van der Waals surface area contributed by atoms with E-state index in [1.54, 1.807) is 0 Å². The Balaban J connectivity index is 2.43. The maximum Gasteiger partial charge on any atom is 0.509 e. The summed E-state index contributed by atoms with van der Waals surface area (Å²) in [6.07, 6.45) is 7.19. The molecule has 1 rings (SSSR count). The molecule has 0 bridgehead atoms. The third kappa shape index (κ3) is 7.53. The third-order valence-electron chi connectivity index (χ3n) is 3.03. The Morgan fingerprint density at radius 2 is 2.00 bits per heavy atom. The van der Waals surface area contributed by atoms with E-state index >= 15 is 0 Å². The van der Waals surface area contributed by atoms with E-state index in [-0.39, 0.29) is 17.7 Å². The zero-order valence-electron chi connectivity index (χ0n) is 13.4. The van der Waals surface area contributed by atoms with Crippen LogP contribution in [0.2, 0.25) is 0 Å². The van der Waals surface area contributed by atoms with Gasteiger partial charge in [0, 0.05) is 11.6 Å². The highest BCUT2D eigenvalue weighted by Gasteiger charge is 2.20. The Labute approximate surface area is 122 Å². The number of hydrogen-bond acceptors (Lipinski definition) is 4. The fourth-order valence-electron chi connectivity index (χ4n) is 2.36. The zero-order valence-corrected chi connectivity index (χ0v) is 13.4. The van der Waals surface area contributed by atoms with Gasteiger partial charge < -0.3 is 14.8 Å². The van der Waals surface area contributed by atoms with Gasteiger partial charge in [-0.2, -0.15) is 0 Å². The van der Waals surface area contributed by atoms with Gasteiger partial charge in [0.2, 0.25) is 0 Å². The number of carbonyl (C=O) groups excluding carboxylic acids is 1.